The van der Waals surface area contributed by atoms with Crippen LogP contribution in [0.25, 0.3) is 6.08 Å². The second-order valence-corrected chi connectivity index (χ2v) is 10.1. The van der Waals surface area contributed by atoms with Gasteiger partial charge in [-0.25, -0.2) is 9.69 Å². The van der Waals surface area contributed by atoms with Crippen molar-refractivity contribution in [1.29, 1.82) is 0 Å². The molecule has 0 radical (unpaired) electrons. The number of urea groups is 1. The van der Waals surface area contributed by atoms with Crippen LogP contribution in [-0.2, 0) is 14.4 Å². The number of amides is 5. The molecule has 1 aliphatic rings. The van der Waals surface area contributed by atoms with Gasteiger partial charge in [0.2, 0.25) is 0 Å². The van der Waals surface area contributed by atoms with E-state index in [1.807, 2.05) is 19.1 Å². The van der Waals surface area contributed by atoms with E-state index in [-0.39, 0.29) is 23.8 Å². The van der Waals surface area contributed by atoms with Crippen molar-refractivity contribution in [3.05, 3.63) is 91.3 Å². The van der Waals surface area contributed by atoms with E-state index in [4.69, 9.17) is 16.3 Å². The van der Waals surface area contributed by atoms with Crippen molar-refractivity contribution in [1.82, 2.24) is 5.32 Å². The van der Waals surface area contributed by atoms with E-state index in [9.17, 15) is 19.2 Å². The van der Waals surface area contributed by atoms with E-state index in [1.54, 1.807) is 24.3 Å². The fourth-order valence-electron chi connectivity index (χ4n) is 3.42. The molecule has 0 atom stereocenters. The van der Waals surface area contributed by atoms with Crippen LogP contribution >= 0.6 is 43.5 Å². The minimum Gasteiger partial charge on any atom is -0.481 e. The molecular formula is C26H18Br2ClN3O5. The highest BCUT2D eigenvalue weighted by Crippen LogP contribution is 2.36. The van der Waals surface area contributed by atoms with Crippen LogP contribution in [0.5, 0.6) is 5.75 Å². The Labute approximate surface area is 233 Å². The van der Waals surface area contributed by atoms with E-state index >= 15 is 0 Å². The number of anilines is 2. The van der Waals surface area contributed by atoms with Crippen molar-refractivity contribution in [3.8, 4) is 5.75 Å². The number of nitrogens with one attached hydrogen (secondary N) is 2. The van der Waals surface area contributed by atoms with E-state index < -0.39 is 17.8 Å². The molecule has 3 aromatic rings. The number of benzene rings is 3. The lowest BCUT2D eigenvalue weighted by Gasteiger charge is -2.26. The maximum Gasteiger partial charge on any atom is 0.335 e. The molecule has 188 valence electrons. The van der Waals surface area contributed by atoms with E-state index in [2.05, 4.69) is 42.5 Å². The van der Waals surface area contributed by atoms with E-state index in [0.717, 1.165) is 10.5 Å². The van der Waals surface area contributed by atoms with Gasteiger partial charge in [0.15, 0.2) is 6.61 Å². The van der Waals surface area contributed by atoms with Crippen molar-refractivity contribution in [2.45, 2.75) is 6.92 Å². The molecule has 0 aliphatic carbocycles. The Bertz CT molecular complexity index is 1420. The van der Waals surface area contributed by atoms with Gasteiger partial charge in [-0.2, -0.15) is 0 Å². The topological polar surface area (TPSA) is 105 Å². The first kappa shape index (κ1) is 26.6. The number of hydrogen-bond acceptors (Lipinski definition) is 5. The maximum atomic E-state index is 13.1. The zero-order valence-corrected chi connectivity index (χ0v) is 23.1. The Morgan fingerprint density at radius 2 is 1.65 bits per heavy atom. The minimum absolute atomic E-state index is 0.237. The van der Waals surface area contributed by atoms with Crippen LogP contribution in [0.1, 0.15) is 11.1 Å². The molecule has 1 aliphatic heterocycles. The van der Waals surface area contributed by atoms with E-state index in [1.165, 1.54) is 30.3 Å². The zero-order valence-electron chi connectivity index (χ0n) is 19.2. The number of imide groups is 2. The van der Waals surface area contributed by atoms with Crippen molar-refractivity contribution in [2.24, 2.45) is 0 Å². The van der Waals surface area contributed by atoms with Crippen LogP contribution in [0.4, 0.5) is 16.2 Å². The summed E-state index contributed by atoms with van der Waals surface area (Å²) in [7, 11) is 0. The average Bonchev–Trinajstić information content (AvgIpc) is 2.84. The summed E-state index contributed by atoms with van der Waals surface area (Å²) in [6, 6.07) is 15.8. The summed E-state index contributed by atoms with van der Waals surface area (Å²) in [4.78, 5) is 51.0. The van der Waals surface area contributed by atoms with Gasteiger partial charge in [-0.15, -0.1) is 0 Å². The number of ether oxygens (including phenoxy) is 1. The summed E-state index contributed by atoms with van der Waals surface area (Å²) in [6.45, 7) is 1.71. The Hall–Kier alpha value is -3.47. The highest BCUT2D eigenvalue weighted by atomic mass is 79.9. The molecule has 1 heterocycles. The van der Waals surface area contributed by atoms with Crippen LogP contribution in [0, 0.1) is 6.92 Å². The normalized spacial score (nSPS) is 14.5. The van der Waals surface area contributed by atoms with Gasteiger partial charge in [0.1, 0.15) is 11.3 Å². The number of carbonyl (C=O) groups excluding carboxylic acids is 4. The first-order chi connectivity index (χ1) is 17.6. The number of rotatable bonds is 6. The zero-order chi connectivity index (χ0) is 26.7. The highest BCUT2D eigenvalue weighted by molar-refractivity contribution is 9.11. The fraction of sp³-hybridized carbons (Fsp3) is 0.0769. The lowest BCUT2D eigenvalue weighted by Crippen LogP contribution is -2.54. The Morgan fingerprint density at radius 1 is 1.03 bits per heavy atom. The summed E-state index contributed by atoms with van der Waals surface area (Å²) < 4.78 is 6.63. The van der Waals surface area contributed by atoms with Gasteiger partial charge in [-0.1, -0.05) is 29.3 Å². The second-order valence-electron chi connectivity index (χ2n) is 7.95. The largest absolute Gasteiger partial charge is 0.481 e. The first-order valence-electron chi connectivity index (χ1n) is 10.8. The van der Waals surface area contributed by atoms with Crippen LogP contribution in [0.2, 0.25) is 5.02 Å². The fourth-order valence-corrected chi connectivity index (χ4v) is 5.00. The molecule has 37 heavy (non-hydrogen) atoms. The molecule has 0 saturated carbocycles. The summed E-state index contributed by atoms with van der Waals surface area (Å²) in [5, 5.41) is 5.36. The summed E-state index contributed by atoms with van der Waals surface area (Å²) in [5.74, 6) is -1.58. The number of barbiturate groups is 1. The number of nitrogens with zero attached hydrogens (tertiary/aromatic N) is 1. The Kier molecular flexibility index (Phi) is 8.11. The summed E-state index contributed by atoms with van der Waals surface area (Å²) >= 11 is 12.7. The van der Waals surface area contributed by atoms with Gasteiger partial charge in [-0.3, -0.25) is 19.7 Å². The molecule has 11 heteroatoms. The molecule has 1 fully saturated rings. The quantitative estimate of drug-likeness (QED) is 0.258. The monoisotopic (exact) mass is 645 g/mol. The van der Waals surface area contributed by atoms with Crippen molar-refractivity contribution < 1.29 is 23.9 Å². The Balaban J connectivity index is 1.51. The SMILES string of the molecule is Cc1ccc(NC(=O)COc2c(Br)cc(/C=C3\C(=O)NC(=O)N(c4ccc(Cl)cc4)C3=O)cc2Br)cc1. The third-order valence-corrected chi connectivity index (χ3v) is 6.63. The molecule has 2 N–H and O–H groups in total. The molecule has 3 aromatic carbocycles. The second kappa shape index (κ2) is 11.3. The van der Waals surface area contributed by atoms with Crippen molar-refractivity contribution >= 4 is 84.7 Å². The van der Waals surface area contributed by atoms with Gasteiger partial charge in [0.25, 0.3) is 17.7 Å². The number of carbonyl (C=O) groups is 4. The molecule has 5 amide bonds. The number of halogens is 3. The lowest BCUT2D eigenvalue weighted by atomic mass is 10.1. The molecule has 0 aromatic heterocycles. The van der Waals surface area contributed by atoms with Gasteiger partial charge >= 0.3 is 6.03 Å². The standard InChI is InChI=1S/C26H18Br2ClN3O5/c1-14-2-6-17(7-3-14)30-22(33)13-37-23-20(27)11-15(12-21(23)28)10-19-24(34)31-26(36)32(25(19)35)18-8-4-16(29)5-9-18/h2-12H,13H2,1H3,(H,30,33)(H,31,34,36)/b19-10+. The third kappa shape index (κ3) is 6.27. The molecule has 8 nitrogen and oxygen atoms in total. The molecule has 4 rings (SSSR count). The van der Waals surface area contributed by atoms with Crippen LogP contribution in [0.15, 0.2) is 75.2 Å². The van der Waals surface area contributed by atoms with E-state index in [0.29, 0.717) is 31.0 Å². The molecular weight excluding hydrogens is 630 g/mol. The summed E-state index contributed by atoms with van der Waals surface area (Å²) in [5.41, 5.74) is 2.23. The number of hydrogen-bond donors (Lipinski definition) is 2. The molecule has 1 saturated heterocycles. The van der Waals surface area contributed by atoms with Gasteiger partial charge in [0.05, 0.1) is 14.6 Å². The highest BCUT2D eigenvalue weighted by Gasteiger charge is 2.36. The van der Waals surface area contributed by atoms with Crippen LogP contribution in [0.3, 0.4) is 0 Å². The average molecular weight is 648 g/mol. The van der Waals surface area contributed by atoms with Gasteiger partial charge in [0, 0.05) is 10.7 Å². The molecule has 0 bridgehead atoms. The molecule has 0 unspecified atom stereocenters. The number of aryl methyl sites for hydroxylation is 1. The predicted molar refractivity (Wildman–Crippen MR) is 148 cm³/mol. The predicted octanol–water partition coefficient (Wildman–Crippen LogP) is 5.86. The third-order valence-electron chi connectivity index (χ3n) is 5.20. The minimum atomic E-state index is -0.857. The summed E-state index contributed by atoms with van der Waals surface area (Å²) in [6.07, 6.45) is 1.36. The van der Waals surface area contributed by atoms with Crippen molar-refractivity contribution in [3.63, 3.8) is 0 Å². The Morgan fingerprint density at radius 3 is 2.27 bits per heavy atom. The van der Waals surface area contributed by atoms with Gasteiger partial charge < -0.3 is 10.1 Å². The van der Waals surface area contributed by atoms with Crippen molar-refractivity contribution in [2.75, 3.05) is 16.8 Å². The van der Waals surface area contributed by atoms with Crippen LogP contribution < -0.4 is 20.3 Å². The first-order valence-corrected chi connectivity index (χ1v) is 12.7. The lowest BCUT2D eigenvalue weighted by molar-refractivity contribution is -0.122. The van der Waals surface area contributed by atoms with Gasteiger partial charge in [-0.05, 0) is 99.0 Å². The maximum absolute atomic E-state index is 13.1. The van der Waals surface area contributed by atoms with Crippen LogP contribution in [-0.4, -0.2) is 30.4 Å². The molecule has 0 spiro atoms. The smallest absolute Gasteiger partial charge is 0.335 e.